The zero-order chi connectivity index (χ0) is 18.6. The van der Waals surface area contributed by atoms with E-state index >= 15 is 0 Å². The Morgan fingerprint density at radius 3 is 2.48 bits per heavy atom. The van der Waals surface area contributed by atoms with Gasteiger partial charge in [0, 0.05) is 42.6 Å². The lowest BCUT2D eigenvalue weighted by atomic mass is 9.96. The summed E-state index contributed by atoms with van der Waals surface area (Å²) >= 11 is 0. The smallest absolute Gasteiger partial charge is 0.225 e. The van der Waals surface area contributed by atoms with Crippen LogP contribution in [0.3, 0.4) is 0 Å². The van der Waals surface area contributed by atoms with Crippen molar-refractivity contribution >= 4 is 11.8 Å². The topological polar surface area (TPSA) is 49.4 Å². The zero-order valence-electron chi connectivity index (χ0n) is 15.1. The summed E-state index contributed by atoms with van der Waals surface area (Å²) in [7, 11) is 0. The normalized spacial score (nSPS) is 14.3. The molecule has 0 saturated heterocycles. The molecule has 1 saturated carbocycles. The molecule has 0 aliphatic heterocycles. The van der Waals surface area contributed by atoms with Crippen molar-refractivity contribution in [3.05, 3.63) is 35.4 Å². The van der Waals surface area contributed by atoms with Crippen molar-refractivity contribution in [2.45, 2.75) is 59.0 Å². The lowest BCUT2D eigenvalue weighted by molar-refractivity contribution is -0.133. The second kappa shape index (κ2) is 7.93. The van der Waals surface area contributed by atoms with Crippen LogP contribution in [0, 0.1) is 17.0 Å². The molecule has 0 radical (unpaired) electrons. The number of carbonyl (C=O) groups is 2. The molecular formula is C19H26F2N2O2. The molecule has 1 fully saturated rings. The Bertz CT molecular complexity index is 637. The molecule has 0 unspecified atom stereocenters. The van der Waals surface area contributed by atoms with Crippen LogP contribution >= 0.6 is 0 Å². The van der Waals surface area contributed by atoms with Crippen LogP contribution in [-0.4, -0.2) is 29.3 Å². The van der Waals surface area contributed by atoms with Gasteiger partial charge in [-0.05, 0) is 25.3 Å². The molecule has 4 nitrogen and oxygen atoms in total. The van der Waals surface area contributed by atoms with E-state index in [1.807, 2.05) is 20.8 Å². The largest absolute Gasteiger partial charge is 0.356 e. The van der Waals surface area contributed by atoms with Crippen LogP contribution in [0.5, 0.6) is 0 Å². The first-order valence-electron chi connectivity index (χ1n) is 8.70. The lowest BCUT2D eigenvalue weighted by Gasteiger charge is -2.23. The van der Waals surface area contributed by atoms with Crippen LogP contribution in [0.25, 0.3) is 0 Å². The minimum Gasteiger partial charge on any atom is -0.356 e. The number of nitrogens with zero attached hydrogens (tertiary/aromatic N) is 1. The summed E-state index contributed by atoms with van der Waals surface area (Å²) in [5, 5.41) is 2.82. The Labute approximate surface area is 147 Å². The molecule has 0 spiro atoms. The average Bonchev–Trinajstić information content (AvgIpc) is 3.34. The lowest BCUT2D eigenvalue weighted by Crippen LogP contribution is -2.36. The van der Waals surface area contributed by atoms with Gasteiger partial charge in [0.25, 0.3) is 0 Å². The number of amides is 2. The number of halogens is 2. The van der Waals surface area contributed by atoms with Crippen molar-refractivity contribution in [1.82, 2.24) is 10.2 Å². The zero-order valence-corrected chi connectivity index (χ0v) is 15.1. The molecule has 0 aromatic heterocycles. The predicted molar refractivity (Wildman–Crippen MR) is 91.6 cm³/mol. The van der Waals surface area contributed by atoms with Crippen molar-refractivity contribution in [2.24, 2.45) is 5.41 Å². The van der Waals surface area contributed by atoms with E-state index in [2.05, 4.69) is 5.32 Å². The van der Waals surface area contributed by atoms with Gasteiger partial charge in [0.1, 0.15) is 11.6 Å². The van der Waals surface area contributed by atoms with Gasteiger partial charge in [-0.25, -0.2) is 8.78 Å². The van der Waals surface area contributed by atoms with Crippen molar-refractivity contribution in [3.63, 3.8) is 0 Å². The maximum atomic E-state index is 13.8. The van der Waals surface area contributed by atoms with Crippen LogP contribution < -0.4 is 5.32 Å². The molecule has 0 atom stereocenters. The van der Waals surface area contributed by atoms with Crippen LogP contribution in [0.1, 0.15) is 52.0 Å². The molecule has 6 heteroatoms. The molecule has 2 rings (SSSR count). The average molecular weight is 352 g/mol. The van der Waals surface area contributed by atoms with Crippen LogP contribution in [0.15, 0.2) is 18.2 Å². The van der Waals surface area contributed by atoms with E-state index < -0.39 is 17.0 Å². The molecule has 25 heavy (non-hydrogen) atoms. The minimum atomic E-state index is -0.629. The molecule has 0 bridgehead atoms. The van der Waals surface area contributed by atoms with E-state index in [0.717, 1.165) is 18.9 Å². The number of hydrogen-bond donors (Lipinski definition) is 1. The first kappa shape index (κ1) is 19.3. The third kappa shape index (κ3) is 5.80. The molecular weight excluding hydrogens is 326 g/mol. The van der Waals surface area contributed by atoms with Crippen LogP contribution in [0.4, 0.5) is 8.78 Å². The Balaban J connectivity index is 1.85. The maximum absolute atomic E-state index is 13.8. The van der Waals surface area contributed by atoms with E-state index in [1.54, 1.807) is 4.90 Å². The Morgan fingerprint density at radius 1 is 1.24 bits per heavy atom. The number of rotatable bonds is 7. The van der Waals surface area contributed by atoms with Gasteiger partial charge < -0.3 is 10.2 Å². The highest BCUT2D eigenvalue weighted by atomic mass is 19.1. The molecule has 0 heterocycles. The SMILES string of the molecule is CC(C)(C)C(=O)NCCCC(=O)N(Cc1ccc(F)cc1F)C1CC1. The Morgan fingerprint density at radius 2 is 1.92 bits per heavy atom. The quantitative estimate of drug-likeness (QED) is 0.765. The first-order valence-corrected chi connectivity index (χ1v) is 8.70. The van der Waals surface area contributed by atoms with Crippen molar-refractivity contribution < 1.29 is 18.4 Å². The second-order valence-electron chi connectivity index (χ2n) is 7.60. The summed E-state index contributed by atoms with van der Waals surface area (Å²) in [4.78, 5) is 25.9. The van der Waals surface area contributed by atoms with Crippen molar-refractivity contribution in [1.29, 1.82) is 0 Å². The summed E-state index contributed by atoms with van der Waals surface area (Å²) in [6.45, 7) is 6.09. The highest BCUT2D eigenvalue weighted by Gasteiger charge is 2.32. The molecule has 1 aromatic rings. The molecule has 1 aliphatic carbocycles. The highest BCUT2D eigenvalue weighted by molar-refractivity contribution is 5.81. The number of benzene rings is 1. The van der Waals surface area contributed by atoms with Crippen molar-refractivity contribution in [2.75, 3.05) is 6.54 Å². The number of nitrogens with one attached hydrogen (secondary N) is 1. The van der Waals surface area contributed by atoms with Gasteiger partial charge >= 0.3 is 0 Å². The summed E-state index contributed by atoms with van der Waals surface area (Å²) in [5.41, 5.74) is -0.132. The maximum Gasteiger partial charge on any atom is 0.225 e. The first-order chi connectivity index (χ1) is 11.7. The summed E-state index contributed by atoms with van der Waals surface area (Å²) in [5.74, 6) is -1.36. The second-order valence-corrected chi connectivity index (χ2v) is 7.60. The van der Waals surface area contributed by atoms with Gasteiger partial charge in [-0.2, -0.15) is 0 Å². The van der Waals surface area contributed by atoms with Gasteiger partial charge in [-0.15, -0.1) is 0 Å². The Kier molecular flexibility index (Phi) is 6.14. The van der Waals surface area contributed by atoms with E-state index in [-0.39, 0.29) is 24.4 Å². The summed E-state index contributed by atoms with van der Waals surface area (Å²) in [6.07, 6.45) is 2.66. The van der Waals surface area contributed by atoms with E-state index in [9.17, 15) is 18.4 Å². The van der Waals surface area contributed by atoms with Gasteiger partial charge in [0.2, 0.25) is 11.8 Å². The third-order valence-electron chi connectivity index (χ3n) is 4.20. The van der Waals surface area contributed by atoms with Crippen LogP contribution in [0.2, 0.25) is 0 Å². The van der Waals surface area contributed by atoms with E-state index in [1.165, 1.54) is 12.1 Å². The minimum absolute atomic E-state index is 0.0487. The van der Waals surface area contributed by atoms with Gasteiger partial charge in [0.05, 0.1) is 0 Å². The van der Waals surface area contributed by atoms with Crippen LogP contribution in [-0.2, 0) is 16.1 Å². The van der Waals surface area contributed by atoms with Gasteiger partial charge in [-0.1, -0.05) is 26.8 Å². The molecule has 1 N–H and O–H groups in total. The van der Waals surface area contributed by atoms with E-state index in [4.69, 9.17) is 0 Å². The fraction of sp³-hybridized carbons (Fsp3) is 0.579. The fourth-order valence-corrected chi connectivity index (χ4v) is 2.49. The molecule has 1 aliphatic rings. The third-order valence-corrected chi connectivity index (χ3v) is 4.20. The van der Waals surface area contributed by atoms with E-state index in [0.29, 0.717) is 24.9 Å². The summed E-state index contributed by atoms with van der Waals surface area (Å²) in [6, 6.07) is 3.57. The molecule has 1 aromatic carbocycles. The monoisotopic (exact) mass is 352 g/mol. The van der Waals surface area contributed by atoms with Gasteiger partial charge in [-0.3, -0.25) is 9.59 Å². The fourth-order valence-electron chi connectivity index (χ4n) is 2.49. The molecule has 138 valence electrons. The predicted octanol–water partition coefficient (Wildman–Crippen LogP) is 3.40. The molecule has 2 amide bonds. The number of hydrogen-bond acceptors (Lipinski definition) is 2. The van der Waals surface area contributed by atoms with Crippen molar-refractivity contribution in [3.8, 4) is 0 Å². The summed E-state index contributed by atoms with van der Waals surface area (Å²) < 4.78 is 26.9. The highest BCUT2D eigenvalue weighted by Crippen LogP contribution is 2.29. The Hall–Kier alpha value is -1.98. The number of carbonyl (C=O) groups excluding carboxylic acids is 2. The van der Waals surface area contributed by atoms with Gasteiger partial charge in [0.15, 0.2) is 0 Å². The standard InChI is InChI=1S/C19H26F2N2O2/c1-19(2,3)18(25)22-10-4-5-17(24)23(15-8-9-15)12-13-6-7-14(20)11-16(13)21/h6-7,11,15H,4-5,8-10,12H2,1-3H3,(H,22,25).